The second-order valence-corrected chi connectivity index (χ2v) is 10.3. The first-order chi connectivity index (χ1) is 15.7. The third kappa shape index (κ3) is 5.65. The van der Waals surface area contributed by atoms with Crippen molar-refractivity contribution in [2.24, 2.45) is 0 Å². The monoisotopic (exact) mass is 460 g/mol. The molecule has 33 heavy (non-hydrogen) atoms. The van der Waals surface area contributed by atoms with Crippen molar-refractivity contribution in [3.63, 3.8) is 0 Å². The van der Waals surface area contributed by atoms with Crippen LogP contribution in [0.4, 0.5) is 8.78 Å². The fourth-order valence-electron chi connectivity index (χ4n) is 5.60. The second kappa shape index (κ2) is 10.2. The lowest BCUT2D eigenvalue weighted by molar-refractivity contribution is -0.195. The topological polar surface area (TPSA) is 32.8 Å². The van der Waals surface area contributed by atoms with E-state index in [1.807, 2.05) is 6.08 Å². The molecule has 6 heteroatoms. The van der Waals surface area contributed by atoms with Gasteiger partial charge in [0.1, 0.15) is 0 Å². The van der Waals surface area contributed by atoms with Crippen LogP contribution in [0, 0.1) is 6.92 Å². The van der Waals surface area contributed by atoms with Gasteiger partial charge in [-0.3, -0.25) is 9.80 Å². The molecule has 1 aromatic rings. The molecule has 0 radical (unpaired) electrons. The highest BCUT2D eigenvalue weighted by atomic mass is 19.3. The quantitative estimate of drug-likeness (QED) is 0.557. The Kier molecular flexibility index (Phi) is 7.54. The summed E-state index contributed by atoms with van der Waals surface area (Å²) in [5.41, 5.74) is 3.05. The molecule has 1 heterocycles. The molecule has 4 nitrogen and oxygen atoms in total. The number of esters is 1. The van der Waals surface area contributed by atoms with Crippen molar-refractivity contribution in [2.75, 3.05) is 26.2 Å². The van der Waals surface area contributed by atoms with Crippen LogP contribution < -0.4 is 0 Å². The molecule has 1 aromatic carbocycles. The summed E-state index contributed by atoms with van der Waals surface area (Å²) in [5.74, 6) is -3.16. The number of allylic oxidation sites excluding steroid dienone is 1. The Morgan fingerprint density at radius 2 is 1.79 bits per heavy atom. The van der Waals surface area contributed by atoms with Gasteiger partial charge >= 0.3 is 5.97 Å². The number of benzene rings is 1. The van der Waals surface area contributed by atoms with E-state index in [1.54, 1.807) is 0 Å². The third-order valence-corrected chi connectivity index (χ3v) is 7.78. The largest absolute Gasteiger partial charge is 0.451 e. The van der Waals surface area contributed by atoms with Gasteiger partial charge in [0.05, 0.1) is 6.04 Å². The highest BCUT2D eigenvalue weighted by Crippen LogP contribution is 2.40. The number of hydrogen-bond acceptors (Lipinski definition) is 4. The summed E-state index contributed by atoms with van der Waals surface area (Å²) < 4.78 is 35.6. The van der Waals surface area contributed by atoms with Gasteiger partial charge in [0.15, 0.2) is 6.10 Å². The lowest BCUT2D eigenvalue weighted by Crippen LogP contribution is -2.60. The van der Waals surface area contributed by atoms with Crippen molar-refractivity contribution in [3.8, 4) is 0 Å². The summed E-state index contributed by atoms with van der Waals surface area (Å²) in [5, 5.41) is 0. The Morgan fingerprint density at radius 1 is 1.09 bits per heavy atom. The van der Waals surface area contributed by atoms with Gasteiger partial charge in [-0.25, -0.2) is 13.6 Å². The van der Waals surface area contributed by atoms with Gasteiger partial charge in [-0.2, -0.15) is 0 Å². The van der Waals surface area contributed by atoms with Gasteiger partial charge in [-0.05, 0) is 64.4 Å². The van der Waals surface area contributed by atoms with E-state index in [0.29, 0.717) is 36.8 Å². The zero-order valence-electron chi connectivity index (χ0n) is 20.2. The molecule has 2 aliphatic carbocycles. The Hall–Kier alpha value is -1.79. The maximum atomic E-state index is 15.0. The summed E-state index contributed by atoms with van der Waals surface area (Å²) in [7, 11) is 0. The Labute approximate surface area is 197 Å². The van der Waals surface area contributed by atoms with Gasteiger partial charge in [0, 0.05) is 44.2 Å². The van der Waals surface area contributed by atoms with Crippen LogP contribution in [0.5, 0.6) is 0 Å². The number of ether oxygens (including phenoxy) is 1. The number of carbonyl (C=O) groups is 1. The van der Waals surface area contributed by atoms with E-state index in [1.165, 1.54) is 11.1 Å². The van der Waals surface area contributed by atoms with Crippen molar-refractivity contribution in [1.82, 2.24) is 9.80 Å². The van der Waals surface area contributed by atoms with Crippen molar-refractivity contribution in [1.29, 1.82) is 0 Å². The zero-order valence-corrected chi connectivity index (χ0v) is 20.2. The van der Waals surface area contributed by atoms with Gasteiger partial charge in [0.25, 0.3) is 5.92 Å². The molecule has 1 aliphatic heterocycles. The van der Waals surface area contributed by atoms with E-state index in [9.17, 15) is 13.6 Å². The van der Waals surface area contributed by atoms with Gasteiger partial charge in [-0.1, -0.05) is 35.9 Å². The van der Waals surface area contributed by atoms with Crippen molar-refractivity contribution in [3.05, 3.63) is 47.0 Å². The number of carbonyl (C=O) groups excluding carboxylic acids is 1. The van der Waals surface area contributed by atoms with Crippen LogP contribution >= 0.6 is 0 Å². The first-order valence-electron chi connectivity index (χ1n) is 12.6. The fraction of sp³-hybridized carbons (Fsp3) is 0.667. The fourth-order valence-corrected chi connectivity index (χ4v) is 5.60. The number of piperazine rings is 1. The van der Waals surface area contributed by atoms with Crippen LogP contribution in [0.3, 0.4) is 0 Å². The predicted molar refractivity (Wildman–Crippen MR) is 127 cm³/mol. The predicted octanol–water partition coefficient (Wildman–Crippen LogP) is 5.31. The molecule has 3 aliphatic rings. The summed E-state index contributed by atoms with van der Waals surface area (Å²) >= 11 is 0. The maximum Gasteiger partial charge on any atom is 0.334 e. The summed E-state index contributed by atoms with van der Waals surface area (Å²) in [6, 6.07) is 8.55. The lowest BCUT2D eigenvalue weighted by Gasteiger charge is -2.46. The summed E-state index contributed by atoms with van der Waals surface area (Å²) in [6.45, 7) is 9.61. The molecular formula is C27H38F2N2O2. The molecule has 2 unspecified atom stereocenters. The highest BCUT2D eigenvalue weighted by Gasteiger charge is 2.52. The molecule has 0 amide bonds. The number of alkyl halides is 2. The number of hydrogen-bond donors (Lipinski definition) is 0. The van der Waals surface area contributed by atoms with Crippen molar-refractivity contribution >= 4 is 5.97 Å². The smallest absolute Gasteiger partial charge is 0.334 e. The molecule has 1 saturated heterocycles. The molecule has 182 valence electrons. The number of rotatable bonds is 5. The normalized spacial score (nSPS) is 29.0. The van der Waals surface area contributed by atoms with E-state index < -0.39 is 24.0 Å². The maximum absolute atomic E-state index is 15.0. The van der Waals surface area contributed by atoms with Crippen molar-refractivity contribution in [2.45, 2.75) is 89.3 Å². The molecular weight excluding hydrogens is 422 g/mol. The van der Waals surface area contributed by atoms with Gasteiger partial charge in [0.2, 0.25) is 0 Å². The van der Waals surface area contributed by atoms with Gasteiger partial charge < -0.3 is 4.74 Å². The van der Waals surface area contributed by atoms with E-state index >= 15 is 0 Å². The third-order valence-electron chi connectivity index (χ3n) is 7.78. The van der Waals surface area contributed by atoms with Crippen LogP contribution in [0.1, 0.15) is 69.4 Å². The molecule has 0 spiro atoms. The Bertz CT molecular complexity index is 844. The minimum Gasteiger partial charge on any atom is -0.451 e. The average Bonchev–Trinajstić information content (AvgIpc) is 2.81. The Balaban J connectivity index is 1.40. The molecule has 3 atom stereocenters. The summed E-state index contributed by atoms with van der Waals surface area (Å²) in [4.78, 5) is 17.5. The van der Waals surface area contributed by atoms with E-state index in [0.717, 1.165) is 39.0 Å². The van der Waals surface area contributed by atoms with Crippen molar-refractivity contribution < 1.29 is 18.3 Å². The molecule has 2 fully saturated rings. The highest BCUT2D eigenvalue weighted by molar-refractivity contribution is 5.88. The Morgan fingerprint density at radius 3 is 2.39 bits per heavy atom. The molecule has 0 bridgehead atoms. The van der Waals surface area contributed by atoms with Gasteiger partial charge in [-0.15, -0.1) is 0 Å². The minimum absolute atomic E-state index is 0.206. The van der Waals surface area contributed by atoms with Crippen LogP contribution in [-0.4, -0.2) is 66.1 Å². The van der Waals surface area contributed by atoms with Crippen LogP contribution in [0.15, 0.2) is 35.9 Å². The van der Waals surface area contributed by atoms with Crippen LogP contribution in [0.25, 0.3) is 0 Å². The second-order valence-electron chi connectivity index (χ2n) is 10.3. The number of nitrogens with zero attached hydrogens (tertiary/aromatic N) is 2. The zero-order chi connectivity index (χ0) is 23.6. The molecule has 4 rings (SSSR count). The first-order valence-corrected chi connectivity index (χ1v) is 12.6. The van der Waals surface area contributed by atoms with E-state index in [4.69, 9.17) is 4.74 Å². The minimum atomic E-state index is -2.98. The number of aryl methyl sites for hydroxylation is 1. The lowest BCUT2D eigenvalue weighted by atomic mass is 9.84. The standard InChI is InChI=1S/C27H38F2N2O2/c1-19(2)30-15-17-31(18-16-30)24-5-4-14-27(28,29)25(24)33-26(32)23-12-10-22(11-13-23)21-8-6-20(3)7-9-21/h6-9,12,19,22,24-25H,4-5,10-11,13-18H2,1-3H3/t22?,24?,25-/m1/s1. The first kappa shape index (κ1) is 24.3. The van der Waals surface area contributed by atoms with Crippen LogP contribution in [-0.2, 0) is 9.53 Å². The van der Waals surface area contributed by atoms with E-state index in [2.05, 4.69) is 54.8 Å². The average molecular weight is 461 g/mol. The SMILES string of the molecule is Cc1ccc(C2CC=C(C(=O)O[C@@H]3C(N4CCN(C(C)C)CC4)CCCC3(F)F)CC2)cc1. The summed E-state index contributed by atoms with van der Waals surface area (Å²) in [6.07, 6.45) is 3.63. The molecule has 1 saturated carbocycles. The van der Waals surface area contributed by atoms with E-state index in [-0.39, 0.29) is 6.42 Å². The van der Waals surface area contributed by atoms with Crippen LogP contribution in [0.2, 0.25) is 0 Å². The molecule has 0 N–H and O–H groups in total. The number of halogens is 2. The molecule has 0 aromatic heterocycles.